The second-order valence-electron chi connectivity index (χ2n) is 5.32. The number of rotatable bonds is 4. The number of hydrogen-bond donors (Lipinski definition) is 1. The molecule has 1 aliphatic heterocycles. The number of carbonyl (C=O) groups is 1. The molecule has 0 bridgehead atoms. The van der Waals surface area contributed by atoms with Crippen molar-refractivity contribution in [3.05, 3.63) is 24.3 Å². The van der Waals surface area contributed by atoms with Gasteiger partial charge in [-0.05, 0) is 37.1 Å². The summed E-state index contributed by atoms with van der Waals surface area (Å²) in [6.45, 7) is 2.01. The van der Waals surface area contributed by atoms with Crippen LogP contribution in [0.3, 0.4) is 0 Å². The lowest BCUT2D eigenvalue weighted by Gasteiger charge is -2.25. The number of benzene rings is 1. The summed E-state index contributed by atoms with van der Waals surface area (Å²) in [7, 11) is 0. The van der Waals surface area contributed by atoms with Crippen LogP contribution >= 0.6 is 11.8 Å². The Morgan fingerprint density at radius 1 is 1.33 bits per heavy atom. The number of amides is 1. The number of anilines is 1. The van der Waals surface area contributed by atoms with Gasteiger partial charge in [0.2, 0.25) is 5.91 Å². The van der Waals surface area contributed by atoms with Crippen LogP contribution in [0.1, 0.15) is 19.8 Å². The molecule has 1 aliphatic carbocycles. The maximum Gasteiger partial charge on any atom is 0.230 e. The van der Waals surface area contributed by atoms with E-state index in [0.717, 1.165) is 35.8 Å². The number of hydrogen-bond acceptors (Lipinski definition) is 3. The van der Waals surface area contributed by atoms with Gasteiger partial charge in [-0.25, -0.2) is 0 Å². The normalized spacial score (nSPS) is 20.9. The lowest BCUT2D eigenvalue weighted by Crippen LogP contribution is -2.30. The molecule has 96 valence electrons. The van der Waals surface area contributed by atoms with Crippen LogP contribution < -0.4 is 10.1 Å². The smallest absolute Gasteiger partial charge is 0.230 e. The zero-order valence-electron chi connectivity index (χ0n) is 10.4. The molecule has 1 amide bonds. The molecular weight excluding hydrogens is 246 g/mol. The lowest BCUT2D eigenvalue weighted by molar-refractivity contribution is -0.120. The maximum atomic E-state index is 11.9. The summed E-state index contributed by atoms with van der Waals surface area (Å²) < 4.78 is 5.76. The minimum absolute atomic E-state index is 0.127. The van der Waals surface area contributed by atoms with Crippen molar-refractivity contribution in [2.45, 2.75) is 25.9 Å². The van der Waals surface area contributed by atoms with Gasteiger partial charge < -0.3 is 10.1 Å². The van der Waals surface area contributed by atoms with E-state index in [1.165, 1.54) is 0 Å². The van der Waals surface area contributed by atoms with Gasteiger partial charge in [0.15, 0.2) is 0 Å². The summed E-state index contributed by atoms with van der Waals surface area (Å²) in [6.07, 6.45) is 2.36. The van der Waals surface area contributed by atoms with Crippen molar-refractivity contribution in [3.8, 4) is 5.75 Å². The highest BCUT2D eigenvalue weighted by molar-refractivity contribution is 8.00. The fourth-order valence-corrected chi connectivity index (χ4v) is 2.35. The molecule has 0 aromatic heterocycles. The number of ether oxygens (including phenoxy) is 1. The van der Waals surface area contributed by atoms with E-state index in [2.05, 4.69) is 5.32 Å². The molecule has 1 N–H and O–H groups in total. The Morgan fingerprint density at radius 2 is 2.00 bits per heavy atom. The van der Waals surface area contributed by atoms with Crippen LogP contribution in [0.15, 0.2) is 24.3 Å². The predicted molar refractivity (Wildman–Crippen MR) is 74.2 cm³/mol. The molecule has 3 nitrogen and oxygen atoms in total. The molecule has 1 saturated heterocycles. The van der Waals surface area contributed by atoms with E-state index < -0.39 is 0 Å². The first-order chi connectivity index (χ1) is 8.66. The highest BCUT2D eigenvalue weighted by atomic mass is 32.2. The van der Waals surface area contributed by atoms with Gasteiger partial charge in [0, 0.05) is 22.6 Å². The minimum atomic E-state index is -0.127. The summed E-state index contributed by atoms with van der Waals surface area (Å²) in [5.74, 6) is 3.18. The second kappa shape index (κ2) is 4.50. The highest BCUT2D eigenvalue weighted by Crippen LogP contribution is 2.45. The van der Waals surface area contributed by atoms with Crippen molar-refractivity contribution in [1.29, 1.82) is 0 Å². The zero-order chi connectivity index (χ0) is 12.6. The summed E-state index contributed by atoms with van der Waals surface area (Å²) in [4.78, 5) is 11.9. The molecule has 1 aromatic carbocycles. The molecule has 0 unspecified atom stereocenters. The Bertz CT molecular complexity index is 449. The van der Waals surface area contributed by atoms with Crippen LogP contribution in [0.4, 0.5) is 5.69 Å². The first-order valence-corrected chi connectivity index (χ1v) is 7.47. The maximum absolute atomic E-state index is 11.9. The van der Waals surface area contributed by atoms with E-state index in [9.17, 15) is 4.79 Å². The van der Waals surface area contributed by atoms with Crippen molar-refractivity contribution in [1.82, 2.24) is 0 Å². The quantitative estimate of drug-likeness (QED) is 0.907. The number of carbonyl (C=O) groups excluding carboxylic acids is 1. The van der Waals surface area contributed by atoms with Crippen LogP contribution in [0.5, 0.6) is 5.75 Å². The third-order valence-corrected chi connectivity index (χ3v) is 4.79. The molecule has 2 aliphatic rings. The molecule has 3 rings (SSSR count). The molecular formula is C14H17NO2S. The SMILES string of the molecule is CC1(C(=O)Nc2ccc(OC3CSC3)cc2)CC1. The van der Waals surface area contributed by atoms with Crippen LogP contribution in [-0.4, -0.2) is 23.5 Å². The average Bonchev–Trinajstić information content (AvgIpc) is 3.05. The Kier molecular flexibility index (Phi) is 2.98. The van der Waals surface area contributed by atoms with E-state index in [1.807, 2.05) is 43.0 Å². The van der Waals surface area contributed by atoms with Crippen molar-refractivity contribution in [2.24, 2.45) is 5.41 Å². The standard InChI is InChI=1S/C14H17NO2S/c1-14(6-7-14)13(16)15-10-2-4-11(5-3-10)17-12-8-18-9-12/h2-5,12H,6-9H2,1H3,(H,15,16). The van der Waals surface area contributed by atoms with Crippen molar-refractivity contribution >= 4 is 23.4 Å². The summed E-state index contributed by atoms with van der Waals surface area (Å²) in [5, 5.41) is 2.95. The molecule has 1 aromatic rings. The Hall–Kier alpha value is -1.16. The van der Waals surface area contributed by atoms with Crippen LogP contribution in [-0.2, 0) is 4.79 Å². The van der Waals surface area contributed by atoms with Crippen molar-refractivity contribution in [2.75, 3.05) is 16.8 Å². The number of nitrogens with one attached hydrogen (secondary N) is 1. The molecule has 1 heterocycles. The van der Waals surface area contributed by atoms with E-state index >= 15 is 0 Å². The summed E-state index contributed by atoms with van der Waals surface area (Å²) in [5.41, 5.74) is 0.724. The second-order valence-corrected chi connectivity index (χ2v) is 6.39. The van der Waals surface area contributed by atoms with E-state index in [1.54, 1.807) is 0 Å². The van der Waals surface area contributed by atoms with Gasteiger partial charge in [-0.2, -0.15) is 11.8 Å². The summed E-state index contributed by atoms with van der Waals surface area (Å²) in [6, 6.07) is 7.66. The van der Waals surface area contributed by atoms with Gasteiger partial charge in [0.1, 0.15) is 11.9 Å². The summed E-state index contributed by atoms with van der Waals surface area (Å²) >= 11 is 1.90. The van der Waals surface area contributed by atoms with Crippen LogP contribution in [0, 0.1) is 5.41 Å². The average molecular weight is 263 g/mol. The topological polar surface area (TPSA) is 38.3 Å². The van der Waals surface area contributed by atoms with Crippen molar-refractivity contribution < 1.29 is 9.53 Å². The van der Waals surface area contributed by atoms with Crippen LogP contribution in [0.2, 0.25) is 0 Å². The van der Waals surface area contributed by atoms with Gasteiger partial charge in [0.25, 0.3) is 0 Å². The van der Waals surface area contributed by atoms with Gasteiger partial charge >= 0.3 is 0 Å². The minimum Gasteiger partial charge on any atom is -0.489 e. The van der Waals surface area contributed by atoms with E-state index in [0.29, 0.717) is 6.10 Å². The predicted octanol–water partition coefficient (Wildman–Crippen LogP) is 2.92. The van der Waals surface area contributed by atoms with E-state index in [4.69, 9.17) is 4.74 Å². The first kappa shape index (κ1) is 11.9. The molecule has 1 saturated carbocycles. The molecule has 0 radical (unpaired) electrons. The fraction of sp³-hybridized carbons (Fsp3) is 0.500. The molecule has 2 fully saturated rings. The first-order valence-electron chi connectivity index (χ1n) is 6.32. The van der Waals surface area contributed by atoms with Crippen molar-refractivity contribution in [3.63, 3.8) is 0 Å². The van der Waals surface area contributed by atoms with Gasteiger partial charge in [-0.3, -0.25) is 4.79 Å². The van der Waals surface area contributed by atoms with Gasteiger partial charge in [0.05, 0.1) is 0 Å². The molecule has 0 atom stereocenters. The third-order valence-electron chi connectivity index (χ3n) is 3.57. The Labute approximate surface area is 111 Å². The Balaban J connectivity index is 1.58. The van der Waals surface area contributed by atoms with Crippen LogP contribution in [0.25, 0.3) is 0 Å². The fourth-order valence-electron chi connectivity index (χ4n) is 1.79. The molecule has 18 heavy (non-hydrogen) atoms. The molecule has 4 heteroatoms. The largest absolute Gasteiger partial charge is 0.489 e. The zero-order valence-corrected chi connectivity index (χ0v) is 11.3. The monoisotopic (exact) mass is 263 g/mol. The lowest BCUT2D eigenvalue weighted by atomic mass is 10.1. The third kappa shape index (κ3) is 2.48. The molecule has 0 spiro atoms. The number of thioether (sulfide) groups is 1. The van der Waals surface area contributed by atoms with Gasteiger partial charge in [-0.15, -0.1) is 0 Å². The highest BCUT2D eigenvalue weighted by Gasteiger charge is 2.44. The van der Waals surface area contributed by atoms with Gasteiger partial charge in [-0.1, -0.05) is 6.92 Å². The Morgan fingerprint density at radius 3 is 2.50 bits per heavy atom. The van der Waals surface area contributed by atoms with E-state index in [-0.39, 0.29) is 11.3 Å².